The van der Waals surface area contributed by atoms with E-state index in [1.165, 1.54) is 12.1 Å². The van der Waals surface area contributed by atoms with Gasteiger partial charge in [0.1, 0.15) is 0 Å². The molecule has 1 atom stereocenters. The van der Waals surface area contributed by atoms with E-state index in [0.717, 1.165) is 17.7 Å². The molecule has 26 heavy (non-hydrogen) atoms. The highest BCUT2D eigenvalue weighted by Gasteiger charge is 2.30. The Morgan fingerprint density at radius 2 is 1.58 bits per heavy atom. The van der Waals surface area contributed by atoms with Crippen molar-refractivity contribution in [3.63, 3.8) is 0 Å². The molecule has 1 amide bonds. The van der Waals surface area contributed by atoms with Crippen molar-refractivity contribution >= 4 is 11.9 Å². The summed E-state index contributed by atoms with van der Waals surface area (Å²) in [5.41, 5.74) is 0.530. The number of aliphatic carboxylic acids is 1. The summed E-state index contributed by atoms with van der Waals surface area (Å²) in [5, 5.41) is 11.7. The molecule has 0 saturated heterocycles. The fourth-order valence-corrected chi connectivity index (χ4v) is 2.56. The second kappa shape index (κ2) is 8.51. The Hall–Kier alpha value is -2.83. The summed E-state index contributed by atoms with van der Waals surface area (Å²) in [5.74, 6) is -1.43. The minimum Gasteiger partial charge on any atom is -0.481 e. The van der Waals surface area contributed by atoms with E-state index in [4.69, 9.17) is 5.11 Å². The molecule has 2 aromatic carbocycles. The third kappa shape index (κ3) is 6.23. The lowest BCUT2D eigenvalue weighted by Crippen LogP contribution is -2.39. The van der Waals surface area contributed by atoms with Crippen LogP contribution < -0.4 is 5.32 Å². The Labute approximate surface area is 148 Å². The smallest absolute Gasteiger partial charge is 0.416 e. The van der Waals surface area contributed by atoms with E-state index in [-0.39, 0.29) is 25.2 Å². The van der Waals surface area contributed by atoms with Crippen LogP contribution in [0.15, 0.2) is 54.6 Å². The van der Waals surface area contributed by atoms with E-state index in [2.05, 4.69) is 5.32 Å². The summed E-state index contributed by atoms with van der Waals surface area (Å²) in [6, 6.07) is 12.7. The van der Waals surface area contributed by atoms with Crippen LogP contribution in [-0.4, -0.2) is 23.0 Å². The van der Waals surface area contributed by atoms with Crippen molar-refractivity contribution in [1.29, 1.82) is 0 Å². The van der Waals surface area contributed by atoms with Crippen LogP contribution in [0.3, 0.4) is 0 Å². The third-order valence-electron chi connectivity index (χ3n) is 3.76. The van der Waals surface area contributed by atoms with Gasteiger partial charge in [0.2, 0.25) is 5.91 Å². The molecule has 0 saturated carbocycles. The second-order valence-corrected chi connectivity index (χ2v) is 5.92. The molecule has 138 valence electrons. The number of carbonyl (C=O) groups excluding carboxylic acids is 1. The van der Waals surface area contributed by atoms with Gasteiger partial charge in [-0.15, -0.1) is 0 Å². The normalized spacial score (nSPS) is 12.4. The van der Waals surface area contributed by atoms with Crippen molar-refractivity contribution in [2.45, 2.75) is 31.5 Å². The van der Waals surface area contributed by atoms with E-state index in [0.29, 0.717) is 5.56 Å². The van der Waals surface area contributed by atoms with Crippen LogP contribution in [0.2, 0.25) is 0 Å². The lowest BCUT2D eigenvalue weighted by atomic mass is 10.0. The van der Waals surface area contributed by atoms with Gasteiger partial charge in [-0.1, -0.05) is 42.5 Å². The summed E-state index contributed by atoms with van der Waals surface area (Å²) in [6.45, 7) is 0. The molecule has 0 spiro atoms. The molecule has 0 aliphatic carbocycles. The van der Waals surface area contributed by atoms with E-state index >= 15 is 0 Å². The average molecular weight is 365 g/mol. The fourth-order valence-electron chi connectivity index (χ4n) is 2.56. The molecule has 0 heterocycles. The van der Waals surface area contributed by atoms with E-state index in [9.17, 15) is 22.8 Å². The zero-order valence-corrected chi connectivity index (χ0v) is 13.8. The van der Waals surface area contributed by atoms with Crippen molar-refractivity contribution in [2.24, 2.45) is 0 Å². The Morgan fingerprint density at radius 3 is 2.12 bits per heavy atom. The van der Waals surface area contributed by atoms with Crippen LogP contribution in [0.4, 0.5) is 13.2 Å². The Kier molecular flexibility index (Phi) is 6.38. The van der Waals surface area contributed by atoms with Gasteiger partial charge >= 0.3 is 12.1 Å². The highest BCUT2D eigenvalue weighted by molar-refractivity contribution is 5.79. The van der Waals surface area contributed by atoms with Crippen LogP contribution in [0.1, 0.15) is 23.1 Å². The maximum absolute atomic E-state index is 12.6. The molecule has 0 radical (unpaired) electrons. The zero-order valence-electron chi connectivity index (χ0n) is 13.8. The van der Waals surface area contributed by atoms with Crippen molar-refractivity contribution in [1.82, 2.24) is 5.32 Å². The van der Waals surface area contributed by atoms with E-state index < -0.39 is 23.8 Å². The lowest BCUT2D eigenvalue weighted by Gasteiger charge is -2.17. The van der Waals surface area contributed by atoms with E-state index in [1.807, 2.05) is 6.07 Å². The summed E-state index contributed by atoms with van der Waals surface area (Å²) in [4.78, 5) is 23.2. The highest BCUT2D eigenvalue weighted by Crippen LogP contribution is 2.29. The minimum absolute atomic E-state index is 0.101. The topological polar surface area (TPSA) is 66.4 Å². The lowest BCUT2D eigenvalue weighted by molar-refractivity contribution is -0.138. The summed E-state index contributed by atoms with van der Waals surface area (Å²) < 4.78 is 37.8. The fraction of sp³-hybridized carbons (Fsp3) is 0.263. The predicted molar refractivity (Wildman–Crippen MR) is 89.5 cm³/mol. The summed E-state index contributed by atoms with van der Waals surface area (Å²) in [6.07, 6.45) is -4.51. The number of hydrogen-bond donors (Lipinski definition) is 2. The third-order valence-corrected chi connectivity index (χ3v) is 3.76. The van der Waals surface area contributed by atoms with Gasteiger partial charge in [-0.3, -0.25) is 9.59 Å². The van der Waals surface area contributed by atoms with Crippen molar-refractivity contribution in [3.8, 4) is 0 Å². The molecule has 0 aliphatic heterocycles. The first-order valence-electron chi connectivity index (χ1n) is 7.95. The number of amides is 1. The monoisotopic (exact) mass is 365 g/mol. The number of carboxylic acid groups (broad SMARTS) is 1. The number of carbonyl (C=O) groups is 2. The number of hydrogen-bond acceptors (Lipinski definition) is 2. The highest BCUT2D eigenvalue weighted by atomic mass is 19.4. The standard InChI is InChI=1S/C19H18F3NO3/c20-19(21,22)15-8-6-14(7-9-15)10-16(12-18(25)26)23-17(24)11-13-4-2-1-3-5-13/h1-9,16H,10-12H2,(H,23,24)(H,25,26). The second-order valence-electron chi connectivity index (χ2n) is 5.92. The van der Waals surface area contributed by atoms with Crippen LogP contribution in [0, 0.1) is 0 Å². The molecule has 0 aromatic heterocycles. The van der Waals surface area contributed by atoms with Gasteiger partial charge in [-0.25, -0.2) is 0 Å². The van der Waals surface area contributed by atoms with Crippen molar-refractivity contribution < 1.29 is 27.9 Å². The predicted octanol–water partition coefficient (Wildman–Crippen LogP) is 3.45. The molecule has 4 nitrogen and oxygen atoms in total. The van der Waals surface area contributed by atoms with Crippen LogP contribution in [0.5, 0.6) is 0 Å². The van der Waals surface area contributed by atoms with Crippen LogP contribution in [-0.2, 0) is 28.6 Å². The van der Waals surface area contributed by atoms with Crippen molar-refractivity contribution in [2.75, 3.05) is 0 Å². The molecular formula is C19H18F3NO3. The average Bonchev–Trinajstić information content (AvgIpc) is 2.54. The maximum atomic E-state index is 12.6. The molecular weight excluding hydrogens is 347 g/mol. The Balaban J connectivity index is 2.02. The van der Waals surface area contributed by atoms with Gasteiger partial charge in [-0.2, -0.15) is 13.2 Å². The SMILES string of the molecule is O=C(O)CC(Cc1ccc(C(F)(F)F)cc1)NC(=O)Cc1ccccc1. The van der Waals surface area contributed by atoms with Crippen molar-refractivity contribution in [3.05, 3.63) is 71.3 Å². The van der Waals surface area contributed by atoms with Crippen LogP contribution in [0.25, 0.3) is 0 Å². The van der Waals surface area contributed by atoms with Gasteiger partial charge in [0, 0.05) is 6.04 Å². The number of benzene rings is 2. The van der Waals surface area contributed by atoms with Gasteiger partial charge in [0.05, 0.1) is 18.4 Å². The number of rotatable bonds is 7. The summed E-state index contributed by atoms with van der Waals surface area (Å²) in [7, 11) is 0. The first kappa shape index (κ1) is 19.5. The molecule has 2 aromatic rings. The zero-order chi connectivity index (χ0) is 19.2. The largest absolute Gasteiger partial charge is 0.481 e. The first-order valence-corrected chi connectivity index (χ1v) is 7.95. The molecule has 0 fully saturated rings. The molecule has 1 unspecified atom stereocenters. The summed E-state index contributed by atoms with van der Waals surface area (Å²) >= 11 is 0. The van der Waals surface area contributed by atoms with Gasteiger partial charge < -0.3 is 10.4 Å². The number of carboxylic acids is 1. The van der Waals surface area contributed by atoms with Gasteiger partial charge in [-0.05, 0) is 29.7 Å². The molecule has 0 aliphatic rings. The van der Waals surface area contributed by atoms with Crippen LogP contribution >= 0.6 is 0 Å². The quantitative estimate of drug-likeness (QED) is 0.790. The number of alkyl halides is 3. The first-order chi connectivity index (χ1) is 12.2. The van der Waals surface area contributed by atoms with Gasteiger partial charge in [0.25, 0.3) is 0 Å². The van der Waals surface area contributed by atoms with E-state index in [1.54, 1.807) is 24.3 Å². The molecule has 2 rings (SSSR count). The van der Waals surface area contributed by atoms with Gasteiger partial charge in [0.15, 0.2) is 0 Å². The Bertz CT molecular complexity index is 743. The maximum Gasteiger partial charge on any atom is 0.416 e. The molecule has 0 bridgehead atoms. The minimum atomic E-state index is -4.43. The Morgan fingerprint density at radius 1 is 0.962 bits per heavy atom. The molecule has 2 N–H and O–H groups in total. The number of halogens is 3. The number of nitrogens with one attached hydrogen (secondary N) is 1. The molecule has 7 heteroatoms.